The van der Waals surface area contributed by atoms with E-state index >= 15 is 0 Å². The van der Waals surface area contributed by atoms with E-state index in [-0.39, 0.29) is 18.4 Å². The maximum atomic E-state index is 11.9. The van der Waals surface area contributed by atoms with Gasteiger partial charge in [-0.15, -0.1) is 0 Å². The number of carbonyl (C=O) groups is 2. The molecule has 0 atom stereocenters. The van der Waals surface area contributed by atoms with Gasteiger partial charge in [0.15, 0.2) is 0 Å². The Morgan fingerprint density at radius 1 is 1.17 bits per heavy atom. The van der Waals surface area contributed by atoms with Crippen molar-refractivity contribution in [3.63, 3.8) is 0 Å². The van der Waals surface area contributed by atoms with Gasteiger partial charge < -0.3 is 10.2 Å². The molecule has 2 heterocycles. The zero-order chi connectivity index (χ0) is 16.1. The number of amides is 2. The van der Waals surface area contributed by atoms with Gasteiger partial charge >= 0.3 is 0 Å². The highest BCUT2D eigenvalue weighted by atomic mass is 16.2. The quantitative estimate of drug-likeness (QED) is 0.879. The molecule has 1 saturated heterocycles. The van der Waals surface area contributed by atoms with Gasteiger partial charge in [0.1, 0.15) is 0 Å². The molecule has 1 aliphatic rings. The molecular formula is C18H19N3O2. The van der Waals surface area contributed by atoms with Gasteiger partial charge in [0.05, 0.1) is 12.1 Å². The fourth-order valence-corrected chi connectivity index (χ4v) is 2.73. The molecule has 1 aromatic heterocycles. The van der Waals surface area contributed by atoms with Crippen molar-refractivity contribution < 1.29 is 9.59 Å². The van der Waals surface area contributed by atoms with Gasteiger partial charge in [-0.2, -0.15) is 0 Å². The van der Waals surface area contributed by atoms with Crippen molar-refractivity contribution in [2.45, 2.75) is 12.8 Å². The van der Waals surface area contributed by atoms with Crippen LogP contribution in [0.1, 0.15) is 18.4 Å². The van der Waals surface area contributed by atoms with E-state index in [0.29, 0.717) is 0 Å². The molecule has 23 heavy (non-hydrogen) atoms. The van der Waals surface area contributed by atoms with Crippen molar-refractivity contribution in [2.75, 3.05) is 19.6 Å². The van der Waals surface area contributed by atoms with Gasteiger partial charge in [0, 0.05) is 36.3 Å². The lowest BCUT2D eigenvalue weighted by atomic mass is 10.1. The van der Waals surface area contributed by atoms with Crippen LogP contribution in [0.4, 0.5) is 0 Å². The van der Waals surface area contributed by atoms with Crippen molar-refractivity contribution in [3.8, 4) is 0 Å². The molecule has 118 valence electrons. The van der Waals surface area contributed by atoms with Crippen LogP contribution in [0.3, 0.4) is 0 Å². The van der Waals surface area contributed by atoms with Crippen LogP contribution in [-0.2, 0) is 9.59 Å². The van der Waals surface area contributed by atoms with E-state index in [2.05, 4.69) is 10.3 Å². The summed E-state index contributed by atoms with van der Waals surface area (Å²) in [6.07, 6.45) is 7.00. The molecule has 0 saturated carbocycles. The van der Waals surface area contributed by atoms with Crippen molar-refractivity contribution >= 4 is 28.8 Å². The normalized spacial score (nSPS) is 14.5. The summed E-state index contributed by atoms with van der Waals surface area (Å²) in [6, 6.07) is 9.68. The van der Waals surface area contributed by atoms with Gasteiger partial charge in [-0.3, -0.25) is 14.6 Å². The zero-order valence-electron chi connectivity index (χ0n) is 12.9. The minimum absolute atomic E-state index is 0.0175. The third-order valence-electron chi connectivity index (χ3n) is 3.95. The van der Waals surface area contributed by atoms with Crippen LogP contribution in [0.25, 0.3) is 17.0 Å². The zero-order valence-corrected chi connectivity index (χ0v) is 12.9. The van der Waals surface area contributed by atoms with E-state index in [1.165, 1.54) is 6.08 Å². The third kappa shape index (κ3) is 3.74. The Hall–Kier alpha value is -2.69. The van der Waals surface area contributed by atoms with E-state index in [1.54, 1.807) is 17.2 Å². The predicted octanol–water partition coefficient (Wildman–Crippen LogP) is 1.99. The molecule has 0 radical (unpaired) electrons. The molecule has 2 amide bonds. The maximum absolute atomic E-state index is 11.9. The minimum Gasteiger partial charge on any atom is -0.343 e. The smallest absolute Gasteiger partial charge is 0.244 e. The lowest BCUT2D eigenvalue weighted by Gasteiger charge is -2.14. The molecular weight excluding hydrogens is 290 g/mol. The van der Waals surface area contributed by atoms with Crippen LogP contribution in [0.15, 0.2) is 42.6 Å². The Morgan fingerprint density at radius 3 is 2.78 bits per heavy atom. The number of likely N-dealkylation sites (tertiary alicyclic amines) is 1. The van der Waals surface area contributed by atoms with Crippen LogP contribution in [0.5, 0.6) is 0 Å². The highest BCUT2D eigenvalue weighted by Gasteiger charge is 2.17. The van der Waals surface area contributed by atoms with E-state index in [9.17, 15) is 9.59 Å². The average Bonchev–Trinajstić information content (AvgIpc) is 3.12. The molecule has 0 unspecified atom stereocenters. The molecule has 1 N–H and O–H groups in total. The van der Waals surface area contributed by atoms with E-state index in [1.807, 2.05) is 30.3 Å². The molecule has 3 rings (SSSR count). The molecule has 1 aliphatic heterocycles. The van der Waals surface area contributed by atoms with E-state index < -0.39 is 0 Å². The number of para-hydroxylation sites is 1. The summed E-state index contributed by atoms with van der Waals surface area (Å²) >= 11 is 0. The largest absolute Gasteiger partial charge is 0.343 e. The number of carbonyl (C=O) groups excluding carboxylic acids is 2. The van der Waals surface area contributed by atoms with Crippen LogP contribution in [0.2, 0.25) is 0 Å². The van der Waals surface area contributed by atoms with Gasteiger partial charge in [-0.05, 0) is 25.0 Å². The average molecular weight is 309 g/mol. The minimum atomic E-state index is -0.273. The summed E-state index contributed by atoms with van der Waals surface area (Å²) < 4.78 is 0. The second kappa shape index (κ2) is 7.05. The molecule has 1 aromatic carbocycles. The molecule has 1 fully saturated rings. The summed E-state index contributed by atoms with van der Waals surface area (Å²) in [5.74, 6) is -0.290. The van der Waals surface area contributed by atoms with E-state index in [4.69, 9.17) is 0 Å². The summed E-state index contributed by atoms with van der Waals surface area (Å²) in [6.45, 7) is 1.65. The van der Waals surface area contributed by atoms with Gasteiger partial charge in [-0.1, -0.05) is 24.3 Å². The lowest BCUT2D eigenvalue weighted by Crippen LogP contribution is -2.38. The number of rotatable bonds is 4. The summed E-state index contributed by atoms with van der Waals surface area (Å²) in [5, 5.41) is 3.67. The standard InChI is InChI=1S/C18H19N3O2/c22-16(20-13-17(23)21-11-1-2-12-21)9-8-15-6-3-5-14-7-4-10-19-18(14)15/h3-10H,1-2,11-13H2,(H,20,22)/b9-8+. The Morgan fingerprint density at radius 2 is 1.96 bits per heavy atom. The second-order valence-electron chi connectivity index (χ2n) is 5.56. The SMILES string of the molecule is O=C(/C=C/c1cccc2cccnc12)NCC(=O)N1CCCC1. The molecule has 0 bridgehead atoms. The van der Waals surface area contributed by atoms with Crippen molar-refractivity contribution in [3.05, 3.63) is 48.2 Å². The van der Waals surface area contributed by atoms with Crippen LogP contribution in [0, 0.1) is 0 Å². The van der Waals surface area contributed by atoms with Crippen LogP contribution < -0.4 is 5.32 Å². The van der Waals surface area contributed by atoms with Crippen LogP contribution >= 0.6 is 0 Å². The fraction of sp³-hybridized carbons (Fsp3) is 0.278. The maximum Gasteiger partial charge on any atom is 0.244 e. The van der Waals surface area contributed by atoms with Crippen molar-refractivity contribution in [2.24, 2.45) is 0 Å². The number of aromatic nitrogens is 1. The number of hydrogen-bond donors (Lipinski definition) is 1. The van der Waals surface area contributed by atoms with Gasteiger partial charge in [0.25, 0.3) is 0 Å². The Bertz CT molecular complexity index is 744. The van der Waals surface area contributed by atoms with Gasteiger partial charge in [-0.25, -0.2) is 0 Å². The molecule has 5 heteroatoms. The van der Waals surface area contributed by atoms with Crippen LogP contribution in [-0.4, -0.2) is 41.3 Å². The first kappa shape index (κ1) is 15.2. The van der Waals surface area contributed by atoms with Crippen molar-refractivity contribution in [1.29, 1.82) is 0 Å². The lowest BCUT2D eigenvalue weighted by molar-refractivity contribution is -0.131. The highest BCUT2D eigenvalue weighted by molar-refractivity contribution is 5.96. The first-order valence-corrected chi connectivity index (χ1v) is 7.81. The first-order chi connectivity index (χ1) is 11.2. The Labute approximate surface area is 135 Å². The predicted molar refractivity (Wildman–Crippen MR) is 89.6 cm³/mol. The molecule has 5 nitrogen and oxygen atoms in total. The number of nitrogens with zero attached hydrogens (tertiary/aromatic N) is 2. The second-order valence-corrected chi connectivity index (χ2v) is 5.56. The molecule has 2 aromatic rings. The Kier molecular flexibility index (Phi) is 4.66. The number of nitrogens with one attached hydrogen (secondary N) is 1. The van der Waals surface area contributed by atoms with E-state index in [0.717, 1.165) is 42.4 Å². The number of hydrogen-bond acceptors (Lipinski definition) is 3. The number of pyridine rings is 1. The summed E-state index contributed by atoms with van der Waals surface area (Å²) in [5.41, 5.74) is 1.73. The van der Waals surface area contributed by atoms with Crippen molar-refractivity contribution in [1.82, 2.24) is 15.2 Å². The Balaban J connectivity index is 1.60. The summed E-state index contributed by atoms with van der Waals surface area (Å²) in [4.78, 5) is 29.9. The number of fused-ring (bicyclic) bond motifs is 1. The topological polar surface area (TPSA) is 62.3 Å². The number of benzene rings is 1. The highest BCUT2D eigenvalue weighted by Crippen LogP contribution is 2.16. The monoisotopic (exact) mass is 309 g/mol. The third-order valence-corrected chi connectivity index (χ3v) is 3.95. The van der Waals surface area contributed by atoms with Gasteiger partial charge in [0.2, 0.25) is 11.8 Å². The molecule has 0 spiro atoms. The molecule has 0 aliphatic carbocycles. The summed E-state index contributed by atoms with van der Waals surface area (Å²) in [7, 11) is 0. The first-order valence-electron chi connectivity index (χ1n) is 7.81. The fourth-order valence-electron chi connectivity index (χ4n) is 2.73.